The molecule has 8 nitrogen and oxygen atoms in total. The molecule has 134 valence electrons. The summed E-state index contributed by atoms with van der Waals surface area (Å²) in [6.07, 6.45) is 0.824. The number of halogens is 1. The maximum absolute atomic E-state index is 12.7. The second-order valence-electron chi connectivity index (χ2n) is 5.27. The van der Waals surface area contributed by atoms with Crippen LogP contribution in [0, 0.1) is 10.1 Å². The Kier molecular flexibility index (Phi) is 7.24. The number of ether oxygens (including phenoxy) is 2. The molecule has 0 aliphatic carbocycles. The monoisotopic (exact) mass is 359 g/mol. The van der Waals surface area contributed by atoms with Gasteiger partial charge in [0, 0.05) is 25.7 Å². The van der Waals surface area contributed by atoms with Crippen LogP contribution in [0.5, 0.6) is 11.5 Å². The zero-order valence-corrected chi connectivity index (χ0v) is 14.7. The highest BCUT2D eigenvalue weighted by Gasteiger charge is 2.30. The minimum atomic E-state index is -0.573. The van der Waals surface area contributed by atoms with Crippen LogP contribution >= 0.6 is 12.4 Å². The number of hydrogen-bond donors (Lipinski definition) is 1. The fourth-order valence-electron chi connectivity index (χ4n) is 2.63. The molecule has 9 heteroatoms. The van der Waals surface area contributed by atoms with E-state index in [2.05, 4.69) is 5.32 Å². The summed E-state index contributed by atoms with van der Waals surface area (Å²) < 4.78 is 10.5. The number of nitrogens with one attached hydrogen (secondary N) is 1. The number of nitro benzene ring substituents is 1. The van der Waals surface area contributed by atoms with E-state index >= 15 is 0 Å². The molecular weight excluding hydrogens is 338 g/mol. The molecule has 0 saturated carbocycles. The van der Waals surface area contributed by atoms with Crippen LogP contribution in [0.2, 0.25) is 0 Å². The van der Waals surface area contributed by atoms with E-state index in [0.29, 0.717) is 18.9 Å². The van der Waals surface area contributed by atoms with Gasteiger partial charge in [0.25, 0.3) is 11.6 Å². The van der Waals surface area contributed by atoms with Crippen LogP contribution in [0.4, 0.5) is 5.69 Å². The number of hydrogen-bond acceptors (Lipinski definition) is 6. The summed E-state index contributed by atoms with van der Waals surface area (Å²) in [6, 6.07) is 2.65. The Morgan fingerprint density at radius 2 is 2.17 bits per heavy atom. The average Bonchev–Trinajstić information content (AvgIpc) is 3.07. The molecule has 1 saturated heterocycles. The molecule has 24 heavy (non-hydrogen) atoms. The van der Waals surface area contributed by atoms with E-state index in [0.717, 1.165) is 13.0 Å². The predicted octanol–water partition coefficient (Wildman–Crippen LogP) is 1.86. The molecular formula is C15H22ClN3O5. The molecule has 1 aromatic carbocycles. The van der Waals surface area contributed by atoms with Crippen molar-refractivity contribution < 1.29 is 19.2 Å². The Balaban J connectivity index is 0.00000288. The fourth-order valence-corrected chi connectivity index (χ4v) is 2.63. The number of nitro groups is 1. The second kappa shape index (κ2) is 8.70. The van der Waals surface area contributed by atoms with Gasteiger partial charge in [-0.2, -0.15) is 0 Å². The number of rotatable bonds is 6. The average molecular weight is 360 g/mol. The molecule has 1 aliphatic heterocycles. The smallest absolute Gasteiger partial charge is 0.286 e. The van der Waals surface area contributed by atoms with Crippen molar-refractivity contribution >= 4 is 24.0 Å². The number of carbonyl (C=O) groups is 1. The van der Waals surface area contributed by atoms with Gasteiger partial charge in [-0.05, 0) is 19.9 Å². The van der Waals surface area contributed by atoms with E-state index in [-0.39, 0.29) is 35.4 Å². The molecule has 0 radical (unpaired) electrons. The second-order valence-corrected chi connectivity index (χ2v) is 5.27. The van der Waals surface area contributed by atoms with Crippen LogP contribution in [-0.2, 0) is 0 Å². The molecule has 1 aromatic rings. The molecule has 0 spiro atoms. The highest BCUT2D eigenvalue weighted by Crippen LogP contribution is 2.35. The van der Waals surface area contributed by atoms with Crippen LogP contribution in [0.1, 0.15) is 23.7 Å². The van der Waals surface area contributed by atoms with E-state index in [9.17, 15) is 14.9 Å². The molecule has 1 atom stereocenters. The summed E-state index contributed by atoms with van der Waals surface area (Å²) in [5.41, 5.74) is -0.276. The molecule has 0 bridgehead atoms. The van der Waals surface area contributed by atoms with Gasteiger partial charge in [-0.1, -0.05) is 0 Å². The third-order valence-electron chi connectivity index (χ3n) is 3.91. The maximum atomic E-state index is 12.7. The summed E-state index contributed by atoms with van der Waals surface area (Å²) in [5, 5.41) is 14.5. The number of likely N-dealkylation sites (N-methyl/N-ethyl adjacent to an activating group) is 1. The summed E-state index contributed by atoms with van der Waals surface area (Å²) >= 11 is 0. The first-order chi connectivity index (χ1) is 11.0. The third kappa shape index (κ3) is 4.07. The van der Waals surface area contributed by atoms with Crippen molar-refractivity contribution in [1.82, 2.24) is 10.2 Å². The number of benzene rings is 1. The van der Waals surface area contributed by atoms with Crippen LogP contribution in [0.25, 0.3) is 0 Å². The topological polar surface area (TPSA) is 93.9 Å². The van der Waals surface area contributed by atoms with E-state index in [4.69, 9.17) is 9.47 Å². The minimum absolute atomic E-state index is 0. The molecule has 2 rings (SSSR count). The van der Waals surface area contributed by atoms with Crippen LogP contribution in [0.3, 0.4) is 0 Å². The van der Waals surface area contributed by atoms with Gasteiger partial charge in [-0.15, -0.1) is 12.4 Å². The normalized spacial score (nSPS) is 16.2. The Morgan fingerprint density at radius 1 is 1.46 bits per heavy atom. The number of amides is 1. The molecule has 1 aliphatic rings. The van der Waals surface area contributed by atoms with Crippen molar-refractivity contribution in [3.05, 3.63) is 27.8 Å². The first kappa shape index (κ1) is 20.0. The van der Waals surface area contributed by atoms with Gasteiger partial charge in [0.1, 0.15) is 5.56 Å². The number of methoxy groups -OCH3 is 1. The molecule has 1 N–H and O–H groups in total. The van der Waals surface area contributed by atoms with Crippen molar-refractivity contribution in [3.8, 4) is 11.5 Å². The largest absolute Gasteiger partial charge is 0.493 e. The van der Waals surface area contributed by atoms with Crippen molar-refractivity contribution in [1.29, 1.82) is 0 Å². The van der Waals surface area contributed by atoms with Gasteiger partial charge in [0.2, 0.25) is 0 Å². The first-order valence-electron chi connectivity index (χ1n) is 7.46. The Labute approximate surface area is 146 Å². The van der Waals surface area contributed by atoms with Crippen LogP contribution in [0.15, 0.2) is 12.1 Å². The Hall–Kier alpha value is -2.06. The highest BCUT2D eigenvalue weighted by atomic mass is 35.5. The zero-order valence-electron chi connectivity index (χ0n) is 13.9. The lowest BCUT2D eigenvalue weighted by molar-refractivity contribution is -0.385. The van der Waals surface area contributed by atoms with E-state index in [1.54, 1.807) is 18.9 Å². The first-order valence-corrected chi connectivity index (χ1v) is 7.46. The molecule has 1 amide bonds. The number of carbonyl (C=O) groups excluding carboxylic acids is 1. The fraction of sp³-hybridized carbons (Fsp3) is 0.533. The van der Waals surface area contributed by atoms with Crippen molar-refractivity contribution in [2.45, 2.75) is 19.4 Å². The Bertz CT molecular complexity index is 605. The van der Waals surface area contributed by atoms with Gasteiger partial charge in [0.15, 0.2) is 11.5 Å². The summed E-state index contributed by atoms with van der Waals surface area (Å²) in [4.78, 5) is 25.0. The summed E-state index contributed by atoms with van der Waals surface area (Å²) in [6.45, 7) is 3.63. The highest BCUT2D eigenvalue weighted by molar-refractivity contribution is 5.99. The zero-order chi connectivity index (χ0) is 17.0. The standard InChI is InChI=1S/C15H21N3O5.ClH/c1-4-23-14-8-12(18(20)21)11(7-13(14)22-3)15(19)17(2)10-5-6-16-9-10;/h7-8,10,16H,4-6,9H2,1-3H3;1H. The predicted molar refractivity (Wildman–Crippen MR) is 91.4 cm³/mol. The quantitative estimate of drug-likeness (QED) is 0.615. The third-order valence-corrected chi connectivity index (χ3v) is 3.91. The molecule has 1 heterocycles. The SMILES string of the molecule is CCOc1cc([N+](=O)[O-])c(C(=O)N(C)C2CCNC2)cc1OC.Cl. The van der Waals surface area contributed by atoms with Crippen LogP contribution in [-0.4, -0.2) is 55.6 Å². The maximum Gasteiger partial charge on any atom is 0.286 e. The minimum Gasteiger partial charge on any atom is -0.493 e. The van der Waals surface area contributed by atoms with E-state index in [1.165, 1.54) is 19.2 Å². The van der Waals surface area contributed by atoms with Gasteiger partial charge in [0.05, 0.1) is 24.7 Å². The summed E-state index contributed by atoms with van der Waals surface area (Å²) in [7, 11) is 3.09. The van der Waals surface area contributed by atoms with Crippen molar-refractivity contribution in [2.24, 2.45) is 0 Å². The lowest BCUT2D eigenvalue weighted by atomic mass is 10.1. The van der Waals surface area contributed by atoms with Gasteiger partial charge >= 0.3 is 0 Å². The summed E-state index contributed by atoms with van der Waals surface area (Å²) in [5.74, 6) is 0.161. The van der Waals surface area contributed by atoms with Gasteiger partial charge in [-0.25, -0.2) is 0 Å². The lowest BCUT2D eigenvalue weighted by Crippen LogP contribution is -2.38. The number of nitrogens with zero attached hydrogens (tertiary/aromatic N) is 2. The van der Waals surface area contributed by atoms with Crippen molar-refractivity contribution in [2.75, 3.05) is 33.9 Å². The van der Waals surface area contributed by atoms with E-state index in [1.807, 2.05) is 0 Å². The lowest BCUT2D eigenvalue weighted by Gasteiger charge is -2.24. The Morgan fingerprint density at radius 3 is 2.67 bits per heavy atom. The molecule has 0 aromatic heterocycles. The van der Waals surface area contributed by atoms with Crippen LogP contribution < -0.4 is 14.8 Å². The molecule has 1 unspecified atom stereocenters. The van der Waals surface area contributed by atoms with E-state index < -0.39 is 10.8 Å². The van der Waals surface area contributed by atoms with Gasteiger partial charge < -0.3 is 19.7 Å². The van der Waals surface area contributed by atoms with Gasteiger partial charge in [-0.3, -0.25) is 14.9 Å². The van der Waals surface area contributed by atoms with Crippen molar-refractivity contribution in [3.63, 3.8) is 0 Å². The molecule has 1 fully saturated rings.